The molecule has 2 saturated heterocycles. The zero-order valence-electron chi connectivity index (χ0n) is 14.5. The molecule has 0 unspecified atom stereocenters. The largest absolute Gasteiger partial charge is 0.342 e. The van der Waals surface area contributed by atoms with Crippen LogP contribution in [0.4, 0.5) is 0 Å². The van der Waals surface area contributed by atoms with E-state index in [-0.39, 0.29) is 5.92 Å². The minimum absolute atomic E-state index is 0.215. The van der Waals surface area contributed by atoms with Crippen molar-refractivity contribution in [3.8, 4) is 0 Å². The number of aryl methyl sites for hydroxylation is 1. The predicted molar refractivity (Wildman–Crippen MR) is 94.2 cm³/mol. The van der Waals surface area contributed by atoms with Crippen LogP contribution in [-0.4, -0.2) is 41.9 Å². The van der Waals surface area contributed by atoms with E-state index in [4.69, 9.17) is 0 Å². The zero-order chi connectivity index (χ0) is 16.1. The number of nitrogens with zero attached hydrogens (tertiary/aromatic N) is 2. The summed E-state index contributed by atoms with van der Waals surface area (Å²) < 4.78 is 0. The van der Waals surface area contributed by atoms with Gasteiger partial charge in [-0.2, -0.15) is 0 Å². The normalized spacial score (nSPS) is 23.5. The van der Waals surface area contributed by atoms with Crippen molar-refractivity contribution >= 4 is 5.91 Å². The number of benzene rings is 1. The Hall–Kier alpha value is -1.35. The molecule has 0 N–H and O–H groups in total. The molecule has 0 aromatic heterocycles. The van der Waals surface area contributed by atoms with Crippen LogP contribution in [0.15, 0.2) is 24.3 Å². The second kappa shape index (κ2) is 7.96. The van der Waals surface area contributed by atoms with E-state index in [0.29, 0.717) is 5.91 Å². The highest BCUT2D eigenvalue weighted by Gasteiger charge is 2.29. The van der Waals surface area contributed by atoms with Crippen molar-refractivity contribution in [1.29, 1.82) is 0 Å². The Morgan fingerprint density at radius 2 is 1.70 bits per heavy atom. The van der Waals surface area contributed by atoms with Crippen LogP contribution >= 0.6 is 0 Å². The predicted octanol–water partition coefficient (Wildman–Crippen LogP) is 3.61. The summed E-state index contributed by atoms with van der Waals surface area (Å²) in [4.78, 5) is 17.5. The van der Waals surface area contributed by atoms with Crippen molar-refractivity contribution in [2.24, 2.45) is 5.92 Å². The van der Waals surface area contributed by atoms with Crippen LogP contribution in [-0.2, 0) is 11.3 Å². The molecule has 1 aromatic carbocycles. The van der Waals surface area contributed by atoms with Crippen molar-refractivity contribution in [2.75, 3.05) is 26.2 Å². The molecule has 0 bridgehead atoms. The Morgan fingerprint density at radius 1 is 1.00 bits per heavy atom. The van der Waals surface area contributed by atoms with Crippen LogP contribution in [0.5, 0.6) is 0 Å². The van der Waals surface area contributed by atoms with Crippen LogP contribution in [0, 0.1) is 12.8 Å². The molecule has 2 aliphatic rings. The van der Waals surface area contributed by atoms with E-state index in [1.807, 2.05) is 0 Å². The zero-order valence-corrected chi connectivity index (χ0v) is 14.5. The molecule has 1 aromatic rings. The Morgan fingerprint density at radius 3 is 2.39 bits per heavy atom. The lowest BCUT2D eigenvalue weighted by atomic mass is 9.96. The first-order chi connectivity index (χ1) is 11.2. The monoisotopic (exact) mass is 314 g/mol. The van der Waals surface area contributed by atoms with Gasteiger partial charge in [0, 0.05) is 26.2 Å². The Bertz CT molecular complexity index is 503. The van der Waals surface area contributed by atoms with Gasteiger partial charge in [-0.25, -0.2) is 0 Å². The Balaban J connectivity index is 1.56. The summed E-state index contributed by atoms with van der Waals surface area (Å²) in [6.45, 7) is 7.12. The average Bonchev–Trinajstić information content (AvgIpc) is 2.86. The first-order valence-corrected chi connectivity index (χ1v) is 9.29. The Labute approximate surface area is 140 Å². The smallest absolute Gasteiger partial charge is 0.226 e. The van der Waals surface area contributed by atoms with E-state index >= 15 is 0 Å². The molecule has 2 fully saturated rings. The summed E-state index contributed by atoms with van der Waals surface area (Å²) in [6.07, 6.45) is 7.16. The van der Waals surface area contributed by atoms with Gasteiger partial charge in [-0.3, -0.25) is 9.69 Å². The van der Waals surface area contributed by atoms with Crippen molar-refractivity contribution < 1.29 is 4.79 Å². The number of carbonyl (C=O) groups excluding carboxylic acids is 1. The van der Waals surface area contributed by atoms with E-state index in [1.165, 1.54) is 36.8 Å². The third kappa shape index (κ3) is 4.57. The molecule has 0 radical (unpaired) electrons. The number of carbonyl (C=O) groups is 1. The maximum Gasteiger partial charge on any atom is 0.226 e. The fourth-order valence-electron chi connectivity index (χ4n) is 3.90. The number of likely N-dealkylation sites (tertiary alicyclic amines) is 2. The molecule has 0 saturated carbocycles. The molecular weight excluding hydrogens is 284 g/mol. The van der Waals surface area contributed by atoms with Crippen molar-refractivity contribution in [3.05, 3.63) is 35.4 Å². The van der Waals surface area contributed by atoms with Gasteiger partial charge in [0.25, 0.3) is 0 Å². The maximum atomic E-state index is 12.8. The number of piperidine rings is 1. The summed E-state index contributed by atoms with van der Waals surface area (Å²) in [5.41, 5.74) is 2.67. The first-order valence-electron chi connectivity index (χ1n) is 9.29. The third-order valence-corrected chi connectivity index (χ3v) is 5.30. The third-order valence-electron chi connectivity index (χ3n) is 5.30. The molecule has 0 aliphatic carbocycles. The van der Waals surface area contributed by atoms with Gasteiger partial charge in [-0.05, 0) is 44.7 Å². The molecule has 3 nitrogen and oxygen atoms in total. The van der Waals surface area contributed by atoms with Gasteiger partial charge in [0.05, 0.1) is 5.92 Å². The first kappa shape index (κ1) is 16.5. The molecular formula is C20H30N2O. The summed E-state index contributed by atoms with van der Waals surface area (Å²) in [5.74, 6) is 0.632. The summed E-state index contributed by atoms with van der Waals surface area (Å²) >= 11 is 0. The van der Waals surface area contributed by atoms with Gasteiger partial charge in [-0.1, -0.05) is 42.7 Å². The second-order valence-corrected chi connectivity index (χ2v) is 7.30. The second-order valence-electron chi connectivity index (χ2n) is 7.30. The van der Waals surface area contributed by atoms with Crippen LogP contribution < -0.4 is 0 Å². The minimum Gasteiger partial charge on any atom is -0.342 e. The molecule has 2 heterocycles. The van der Waals surface area contributed by atoms with Gasteiger partial charge in [0.1, 0.15) is 0 Å². The number of rotatable bonds is 3. The molecule has 23 heavy (non-hydrogen) atoms. The van der Waals surface area contributed by atoms with Crippen molar-refractivity contribution in [2.45, 2.75) is 52.0 Å². The van der Waals surface area contributed by atoms with Gasteiger partial charge in [0.2, 0.25) is 5.91 Å². The molecule has 1 atom stereocenters. The van der Waals surface area contributed by atoms with Crippen LogP contribution in [0.2, 0.25) is 0 Å². The highest BCUT2D eigenvalue weighted by Crippen LogP contribution is 2.22. The van der Waals surface area contributed by atoms with Gasteiger partial charge < -0.3 is 4.90 Å². The highest BCUT2D eigenvalue weighted by molar-refractivity contribution is 5.79. The summed E-state index contributed by atoms with van der Waals surface area (Å²) in [6, 6.07) is 8.80. The fourth-order valence-corrected chi connectivity index (χ4v) is 3.90. The van der Waals surface area contributed by atoms with E-state index in [2.05, 4.69) is 41.0 Å². The van der Waals surface area contributed by atoms with Crippen LogP contribution in [0.3, 0.4) is 0 Å². The molecule has 0 spiro atoms. The van der Waals surface area contributed by atoms with Crippen LogP contribution in [0.25, 0.3) is 0 Å². The lowest BCUT2D eigenvalue weighted by Gasteiger charge is -2.34. The van der Waals surface area contributed by atoms with Gasteiger partial charge >= 0.3 is 0 Å². The van der Waals surface area contributed by atoms with E-state index < -0.39 is 0 Å². The van der Waals surface area contributed by atoms with E-state index in [1.54, 1.807) is 0 Å². The number of hydrogen-bond acceptors (Lipinski definition) is 2. The highest BCUT2D eigenvalue weighted by atomic mass is 16.2. The minimum atomic E-state index is 0.215. The van der Waals surface area contributed by atoms with E-state index in [9.17, 15) is 4.79 Å². The Kier molecular flexibility index (Phi) is 5.71. The molecule has 3 heteroatoms. The fraction of sp³-hybridized carbons (Fsp3) is 0.650. The van der Waals surface area contributed by atoms with Gasteiger partial charge in [-0.15, -0.1) is 0 Å². The number of amides is 1. The maximum absolute atomic E-state index is 12.8. The molecule has 126 valence electrons. The lowest BCUT2D eigenvalue weighted by Crippen LogP contribution is -2.44. The SMILES string of the molecule is Cc1ccc(CN2CCC[C@H](C(=O)N3CCCCCC3)C2)cc1. The number of hydrogen-bond donors (Lipinski definition) is 0. The van der Waals surface area contributed by atoms with Gasteiger partial charge in [0.15, 0.2) is 0 Å². The lowest BCUT2D eigenvalue weighted by molar-refractivity contribution is -0.137. The van der Waals surface area contributed by atoms with E-state index in [0.717, 1.165) is 45.6 Å². The quantitative estimate of drug-likeness (QED) is 0.851. The standard InChI is InChI=1S/C20H30N2O/c1-17-8-10-18(11-9-17)15-21-12-6-7-19(16-21)20(23)22-13-4-2-3-5-14-22/h8-11,19H,2-7,12-16H2,1H3/t19-/m0/s1. The molecule has 3 rings (SSSR count). The summed E-state index contributed by atoms with van der Waals surface area (Å²) in [5, 5.41) is 0. The average molecular weight is 314 g/mol. The summed E-state index contributed by atoms with van der Waals surface area (Å²) in [7, 11) is 0. The molecule has 1 amide bonds. The van der Waals surface area contributed by atoms with Crippen molar-refractivity contribution in [1.82, 2.24) is 9.80 Å². The topological polar surface area (TPSA) is 23.6 Å². The van der Waals surface area contributed by atoms with Crippen LogP contribution in [0.1, 0.15) is 49.7 Å². The van der Waals surface area contributed by atoms with Crippen molar-refractivity contribution in [3.63, 3.8) is 0 Å². The molecule has 2 aliphatic heterocycles.